The summed E-state index contributed by atoms with van der Waals surface area (Å²) in [6, 6.07) is 14.9. The van der Waals surface area contributed by atoms with Gasteiger partial charge in [-0.1, -0.05) is 48.0 Å². The summed E-state index contributed by atoms with van der Waals surface area (Å²) >= 11 is 5.96. The standard InChI is InChI=1S/C19H17ClN2O4/c1-2-26-18(24)16-12-19(25,14-8-4-3-5-9-14)22(21-16)17(23)13-7-6-10-15(20)11-13/h3-11,25H,2,12H2,1H3. The number of hydrazone groups is 1. The van der Waals surface area contributed by atoms with Crippen LogP contribution in [0, 0.1) is 0 Å². The predicted molar refractivity (Wildman–Crippen MR) is 96.6 cm³/mol. The summed E-state index contributed by atoms with van der Waals surface area (Å²) in [5.74, 6) is -1.23. The fraction of sp³-hybridized carbons (Fsp3) is 0.211. The topological polar surface area (TPSA) is 79.2 Å². The van der Waals surface area contributed by atoms with E-state index in [1.54, 1.807) is 55.5 Å². The third kappa shape index (κ3) is 3.34. The second-order valence-corrected chi connectivity index (χ2v) is 6.19. The maximum absolute atomic E-state index is 13.0. The van der Waals surface area contributed by atoms with Crippen molar-refractivity contribution in [3.63, 3.8) is 0 Å². The lowest BCUT2D eigenvalue weighted by Crippen LogP contribution is -2.43. The van der Waals surface area contributed by atoms with Crippen molar-refractivity contribution in [2.24, 2.45) is 5.10 Å². The summed E-state index contributed by atoms with van der Waals surface area (Å²) in [4.78, 5) is 25.1. The van der Waals surface area contributed by atoms with Gasteiger partial charge in [0, 0.05) is 16.1 Å². The molecule has 0 spiro atoms. The molecule has 0 bridgehead atoms. The van der Waals surface area contributed by atoms with Gasteiger partial charge >= 0.3 is 5.97 Å². The van der Waals surface area contributed by atoms with Crippen LogP contribution in [0.15, 0.2) is 59.7 Å². The fourth-order valence-corrected chi connectivity index (χ4v) is 2.95. The molecule has 1 heterocycles. The van der Waals surface area contributed by atoms with Crippen molar-refractivity contribution in [3.8, 4) is 0 Å². The van der Waals surface area contributed by atoms with Crippen LogP contribution in [0.3, 0.4) is 0 Å². The highest BCUT2D eigenvalue weighted by molar-refractivity contribution is 6.37. The molecule has 0 radical (unpaired) electrons. The van der Waals surface area contributed by atoms with Gasteiger partial charge in [0.05, 0.1) is 13.0 Å². The van der Waals surface area contributed by atoms with Crippen LogP contribution in [-0.2, 0) is 15.3 Å². The Hall–Kier alpha value is -2.70. The van der Waals surface area contributed by atoms with Gasteiger partial charge in [-0.05, 0) is 25.1 Å². The number of carbonyl (C=O) groups excluding carboxylic acids is 2. The number of carbonyl (C=O) groups is 2. The number of rotatable bonds is 4. The number of nitrogens with zero attached hydrogens (tertiary/aromatic N) is 2. The van der Waals surface area contributed by atoms with Gasteiger partial charge in [0.2, 0.25) is 0 Å². The van der Waals surface area contributed by atoms with Gasteiger partial charge in [0.25, 0.3) is 5.91 Å². The molecule has 1 N–H and O–H groups in total. The quantitative estimate of drug-likeness (QED) is 0.837. The lowest BCUT2D eigenvalue weighted by Gasteiger charge is -2.31. The average molecular weight is 373 g/mol. The first kappa shape index (κ1) is 18.1. The highest BCUT2D eigenvalue weighted by atomic mass is 35.5. The molecule has 0 aromatic heterocycles. The zero-order valence-electron chi connectivity index (χ0n) is 14.1. The van der Waals surface area contributed by atoms with Crippen LogP contribution in [0.1, 0.15) is 29.3 Å². The molecule has 3 rings (SSSR count). The maximum Gasteiger partial charge on any atom is 0.354 e. The monoisotopic (exact) mass is 372 g/mol. The lowest BCUT2D eigenvalue weighted by molar-refractivity contribution is -0.135. The van der Waals surface area contributed by atoms with Crippen molar-refractivity contribution in [3.05, 3.63) is 70.7 Å². The molecule has 26 heavy (non-hydrogen) atoms. The molecule has 1 unspecified atom stereocenters. The van der Waals surface area contributed by atoms with Gasteiger partial charge < -0.3 is 9.84 Å². The van der Waals surface area contributed by atoms with Crippen LogP contribution in [-0.4, -0.2) is 34.3 Å². The molecular weight excluding hydrogens is 356 g/mol. The molecule has 1 aliphatic heterocycles. The second kappa shape index (κ2) is 7.27. The van der Waals surface area contributed by atoms with Crippen LogP contribution in [0.4, 0.5) is 0 Å². The van der Waals surface area contributed by atoms with Gasteiger partial charge in [-0.25, -0.2) is 4.79 Å². The first-order valence-electron chi connectivity index (χ1n) is 8.08. The van der Waals surface area contributed by atoms with Gasteiger partial charge in [-0.3, -0.25) is 4.79 Å². The number of hydrogen-bond acceptors (Lipinski definition) is 5. The summed E-state index contributed by atoms with van der Waals surface area (Å²) in [7, 11) is 0. The average Bonchev–Trinajstić information content (AvgIpc) is 3.01. The lowest BCUT2D eigenvalue weighted by atomic mass is 9.97. The van der Waals surface area contributed by atoms with Gasteiger partial charge in [0.15, 0.2) is 11.4 Å². The van der Waals surface area contributed by atoms with Crippen molar-refractivity contribution in [2.45, 2.75) is 19.1 Å². The number of amides is 1. The number of hydrogen-bond donors (Lipinski definition) is 1. The first-order valence-corrected chi connectivity index (χ1v) is 8.46. The van der Waals surface area contributed by atoms with Crippen molar-refractivity contribution in [1.82, 2.24) is 5.01 Å². The van der Waals surface area contributed by atoms with E-state index in [1.165, 1.54) is 6.07 Å². The Bertz CT molecular complexity index is 869. The molecule has 1 aliphatic rings. The highest BCUT2D eigenvalue weighted by Crippen LogP contribution is 2.36. The summed E-state index contributed by atoms with van der Waals surface area (Å²) in [6.07, 6.45) is -0.165. The maximum atomic E-state index is 13.0. The smallest absolute Gasteiger partial charge is 0.354 e. The Labute approximate surface area is 155 Å². The van der Waals surface area contributed by atoms with Gasteiger partial charge in [-0.2, -0.15) is 10.1 Å². The molecule has 0 fully saturated rings. The predicted octanol–water partition coefficient (Wildman–Crippen LogP) is 2.95. The largest absolute Gasteiger partial charge is 0.461 e. The Morgan fingerprint density at radius 1 is 1.23 bits per heavy atom. The van der Waals surface area contributed by atoms with E-state index in [9.17, 15) is 14.7 Å². The second-order valence-electron chi connectivity index (χ2n) is 5.75. The Morgan fingerprint density at radius 2 is 1.96 bits per heavy atom. The Balaban J connectivity index is 2.04. The molecule has 1 amide bonds. The van der Waals surface area contributed by atoms with E-state index in [0.29, 0.717) is 10.6 Å². The number of ether oxygens (including phenoxy) is 1. The van der Waals surface area contributed by atoms with E-state index < -0.39 is 17.6 Å². The van der Waals surface area contributed by atoms with Crippen molar-refractivity contribution < 1.29 is 19.4 Å². The molecule has 2 aromatic rings. The van der Waals surface area contributed by atoms with Crippen LogP contribution in [0.25, 0.3) is 0 Å². The third-order valence-electron chi connectivity index (χ3n) is 4.00. The van der Waals surface area contributed by atoms with Crippen molar-refractivity contribution >= 4 is 29.2 Å². The fourth-order valence-electron chi connectivity index (χ4n) is 2.76. The van der Waals surface area contributed by atoms with E-state index >= 15 is 0 Å². The van der Waals surface area contributed by atoms with Crippen molar-refractivity contribution in [1.29, 1.82) is 0 Å². The van der Waals surface area contributed by atoms with Gasteiger partial charge in [0.1, 0.15) is 0 Å². The zero-order chi connectivity index (χ0) is 18.7. The van der Waals surface area contributed by atoms with E-state index in [2.05, 4.69) is 5.10 Å². The first-order chi connectivity index (χ1) is 12.5. The van der Waals surface area contributed by atoms with E-state index in [-0.39, 0.29) is 24.3 Å². The Morgan fingerprint density at radius 3 is 2.62 bits per heavy atom. The normalized spacial score (nSPS) is 19.2. The summed E-state index contributed by atoms with van der Waals surface area (Å²) < 4.78 is 4.97. The summed E-state index contributed by atoms with van der Waals surface area (Å²) in [5, 5.41) is 16.6. The Kier molecular flexibility index (Phi) is 5.06. The number of halogens is 1. The van der Waals surface area contributed by atoms with Crippen LogP contribution < -0.4 is 0 Å². The number of benzene rings is 2. The third-order valence-corrected chi connectivity index (χ3v) is 4.23. The molecule has 0 saturated carbocycles. The molecular formula is C19H17ClN2O4. The SMILES string of the molecule is CCOC(=O)C1=NN(C(=O)c2cccc(Cl)c2)C(O)(c2ccccc2)C1. The minimum Gasteiger partial charge on any atom is -0.461 e. The number of aliphatic hydroxyl groups is 1. The van der Waals surface area contributed by atoms with Crippen molar-refractivity contribution in [2.75, 3.05) is 6.61 Å². The summed E-state index contributed by atoms with van der Waals surface area (Å²) in [6.45, 7) is 1.84. The molecule has 0 saturated heterocycles. The van der Waals surface area contributed by atoms with Gasteiger partial charge in [-0.15, -0.1) is 0 Å². The number of esters is 1. The van der Waals surface area contributed by atoms with Crippen LogP contribution in [0.2, 0.25) is 5.02 Å². The molecule has 1 atom stereocenters. The molecule has 0 aliphatic carbocycles. The minimum atomic E-state index is -1.79. The van der Waals surface area contributed by atoms with E-state index in [4.69, 9.17) is 16.3 Å². The molecule has 2 aromatic carbocycles. The molecule has 6 nitrogen and oxygen atoms in total. The van der Waals surface area contributed by atoms with Crippen LogP contribution in [0.5, 0.6) is 0 Å². The van der Waals surface area contributed by atoms with E-state index in [1.807, 2.05) is 0 Å². The highest BCUT2D eigenvalue weighted by Gasteiger charge is 2.48. The minimum absolute atomic E-state index is 0.0198. The molecule has 7 heteroatoms. The van der Waals surface area contributed by atoms with E-state index in [0.717, 1.165) is 5.01 Å². The van der Waals surface area contributed by atoms with Crippen LogP contribution >= 0.6 is 11.6 Å². The zero-order valence-corrected chi connectivity index (χ0v) is 14.8. The molecule has 134 valence electrons. The summed E-state index contributed by atoms with van der Waals surface area (Å²) in [5.41, 5.74) is -1.12.